The van der Waals surface area contributed by atoms with E-state index in [1.807, 2.05) is 0 Å². The van der Waals surface area contributed by atoms with Crippen molar-refractivity contribution in [2.45, 2.75) is 0 Å². The Kier molecular flexibility index (Phi) is 2.63. The Labute approximate surface area is 109 Å². The molecule has 19 heavy (non-hydrogen) atoms. The highest BCUT2D eigenvalue weighted by Crippen LogP contribution is 2.22. The van der Waals surface area contributed by atoms with Crippen LogP contribution in [-0.4, -0.2) is 33.4 Å². The molecule has 0 amide bonds. The van der Waals surface area contributed by atoms with Crippen LogP contribution in [0.25, 0.3) is 17.0 Å². The molecule has 0 unspecified atom stereocenters. The highest BCUT2D eigenvalue weighted by atomic mass is 19.1. The van der Waals surface area contributed by atoms with Crippen LogP contribution in [0.4, 0.5) is 10.1 Å². The smallest absolute Gasteiger partial charge is 0.150 e. The zero-order chi connectivity index (χ0) is 13.4. The van der Waals surface area contributed by atoms with Gasteiger partial charge in [-0.25, -0.2) is 14.4 Å². The molecule has 0 saturated carbocycles. The second-order valence-electron chi connectivity index (χ2n) is 4.39. The average Bonchev–Trinajstić information content (AvgIpc) is 2.81. The fraction of sp³-hybridized carbons (Fsp3) is 0.154. The molecule has 0 saturated heterocycles. The number of hydrogen-bond acceptors (Lipinski definition) is 4. The van der Waals surface area contributed by atoms with E-state index in [-0.39, 0.29) is 5.82 Å². The lowest BCUT2D eigenvalue weighted by Crippen LogP contribution is -2.11. The number of pyridine rings is 1. The van der Waals surface area contributed by atoms with E-state index in [0.717, 1.165) is 5.65 Å². The predicted octanol–water partition coefficient (Wildman–Crippen LogP) is 2.00. The van der Waals surface area contributed by atoms with E-state index in [0.29, 0.717) is 17.1 Å². The number of nitrogens with zero attached hydrogens (tertiary/aromatic N) is 5. The number of anilines is 1. The van der Waals surface area contributed by atoms with Crippen molar-refractivity contribution in [2.24, 2.45) is 0 Å². The van der Waals surface area contributed by atoms with Gasteiger partial charge in [0.2, 0.25) is 0 Å². The number of rotatable bonds is 2. The van der Waals surface area contributed by atoms with E-state index in [1.165, 1.54) is 12.3 Å². The highest BCUT2D eigenvalue weighted by Gasteiger charge is 2.10. The Balaban J connectivity index is 2.09. The second-order valence-corrected chi connectivity index (χ2v) is 4.39. The van der Waals surface area contributed by atoms with Gasteiger partial charge in [-0.05, 0) is 6.07 Å². The van der Waals surface area contributed by atoms with Crippen molar-refractivity contribution in [3.63, 3.8) is 0 Å². The molecule has 0 aliphatic rings. The first-order valence-corrected chi connectivity index (χ1v) is 5.77. The maximum atomic E-state index is 13.9. The summed E-state index contributed by atoms with van der Waals surface area (Å²) in [7, 11) is 3.55. The fourth-order valence-electron chi connectivity index (χ4n) is 1.86. The summed E-state index contributed by atoms with van der Waals surface area (Å²) in [6, 6.07) is 3.18. The van der Waals surface area contributed by atoms with Gasteiger partial charge in [0.05, 0.1) is 17.6 Å². The average molecular weight is 257 g/mol. The van der Waals surface area contributed by atoms with Crippen LogP contribution in [-0.2, 0) is 0 Å². The van der Waals surface area contributed by atoms with Gasteiger partial charge in [0.25, 0.3) is 0 Å². The summed E-state index contributed by atoms with van der Waals surface area (Å²) < 4.78 is 15.7. The summed E-state index contributed by atoms with van der Waals surface area (Å²) in [6.07, 6.45) is 6.60. The Morgan fingerprint density at radius 3 is 2.79 bits per heavy atom. The van der Waals surface area contributed by atoms with Crippen LogP contribution in [0.15, 0.2) is 37.1 Å². The number of fused-ring (bicyclic) bond motifs is 1. The molecule has 0 radical (unpaired) electrons. The van der Waals surface area contributed by atoms with Crippen molar-refractivity contribution >= 4 is 11.3 Å². The zero-order valence-electron chi connectivity index (χ0n) is 10.6. The Morgan fingerprint density at radius 1 is 1.26 bits per heavy atom. The third kappa shape index (κ3) is 2.01. The molecule has 0 aromatic carbocycles. The SMILES string of the molecule is CN(C)c1cnc(-c2cn3cnccc3n2)cc1F. The molecule has 0 bridgehead atoms. The lowest BCUT2D eigenvalue weighted by atomic mass is 10.2. The number of halogens is 1. The summed E-state index contributed by atoms with van der Waals surface area (Å²) in [4.78, 5) is 14.3. The molecule has 0 aliphatic heterocycles. The van der Waals surface area contributed by atoms with Crippen LogP contribution < -0.4 is 4.90 Å². The Morgan fingerprint density at radius 2 is 2.11 bits per heavy atom. The standard InChI is InChI=1S/C13H12FN5/c1-18(2)12-6-16-10(5-9(12)14)11-7-19-8-15-4-3-13(19)17-11/h3-8H,1-2H3. The molecule has 3 rings (SSSR count). The summed E-state index contributed by atoms with van der Waals surface area (Å²) in [5, 5.41) is 0. The van der Waals surface area contributed by atoms with Crippen LogP contribution in [0.3, 0.4) is 0 Å². The third-order valence-corrected chi connectivity index (χ3v) is 2.84. The van der Waals surface area contributed by atoms with Crippen LogP contribution in [0.2, 0.25) is 0 Å². The first-order valence-electron chi connectivity index (χ1n) is 5.77. The van der Waals surface area contributed by atoms with Crippen molar-refractivity contribution in [3.05, 3.63) is 42.9 Å². The van der Waals surface area contributed by atoms with E-state index in [4.69, 9.17) is 0 Å². The largest absolute Gasteiger partial charge is 0.374 e. The van der Waals surface area contributed by atoms with Crippen LogP contribution in [0.1, 0.15) is 0 Å². The van der Waals surface area contributed by atoms with Crippen molar-refractivity contribution in [1.82, 2.24) is 19.4 Å². The molecule has 3 aromatic heterocycles. The van der Waals surface area contributed by atoms with Gasteiger partial charge < -0.3 is 4.90 Å². The van der Waals surface area contributed by atoms with E-state index in [9.17, 15) is 4.39 Å². The first-order chi connectivity index (χ1) is 9.15. The van der Waals surface area contributed by atoms with Crippen molar-refractivity contribution in [2.75, 3.05) is 19.0 Å². The maximum Gasteiger partial charge on any atom is 0.150 e. The van der Waals surface area contributed by atoms with Gasteiger partial charge in [0.15, 0.2) is 0 Å². The Hall–Kier alpha value is -2.50. The van der Waals surface area contributed by atoms with Gasteiger partial charge in [-0.3, -0.25) is 9.38 Å². The van der Waals surface area contributed by atoms with Crippen molar-refractivity contribution in [3.8, 4) is 11.4 Å². The molecule has 0 spiro atoms. The van der Waals surface area contributed by atoms with Gasteiger partial charge in [0.1, 0.15) is 23.5 Å². The summed E-state index contributed by atoms with van der Waals surface area (Å²) >= 11 is 0. The number of aromatic nitrogens is 4. The van der Waals surface area contributed by atoms with Gasteiger partial charge in [-0.15, -0.1) is 0 Å². The molecule has 0 aliphatic carbocycles. The van der Waals surface area contributed by atoms with E-state index in [1.54, 1.807) is 48.2 Å². The first kappa shape index (κ1) is 11.6. The normalized spacial score (nSPS) is 10.9. The summed E-state index contributed by atoms with van der Waals surface area (Å²) in [5.74, 6) is -0.315. The zero-order valence-corrected chi connectivity index (χ0v) is 10.6. The monoisotopic (exact) mass is 257 g/mol. The quantitative estimate of drug-likeness (QED) is 0.704. The van der Waals surface area contributed by atoms with E-state index < -0.39 is 0 Å². The second kappa shape index (κ2) is 4.31. The minimum absolute atomic E-state index is 0.315. The van der Waals surface area contributed by atoms with Crippen molar-refractivity contribution < 1.29 is 4.39 Å². The van der Waals surface area contributed by atoms with Gasteiger partial charge in [-0.2, -0.15) is 0 Å². The van der Waals surface area contributed by atoms with E-state index >= 15 is 0 Å². The fourth-order valence-corrected chi connectivity index (χ4v) is 1.86. The number of hydrogen-bond donors (Lipinski definition) is 0. The molecule has 3 aromatic rings. The minimum atomic E-state index is -0.315. The third-order valence-electron chi connectivity index (χ3n) is 2.84. The molecular formula is C13H12FN5. The van der Waals surface area contributed by atoms with Crippen LogP contribution in [0, 0.1) is 5.82 Å². The summed E-state index contributed by atoms with van der Waals surface area (Å²) in [6.45, 7) is 0. The molecule has 0 N–H and O–H groups in total. The summed E-state index contributed by atoms with van der Waals surface area (Å²) in [5.41, 5.74) is 2.34. The van der Waals surface area contributed by atoms with Crippen LogP contribution >= 0.6 is 0 Å². The molecule has 0 atom stereocenters. The molecular weight excluding hydrogens is 245 g/mol. The van der Waals surface area contributed by atoms with Crippen molar-refractivity contribution in [1.29, 1.82) is 0 Å². The minimum Gasteiger partial charge on any atom is -0.374 e. The molecule has 0 fully saturated rings. The lowest BCUT2D eigenvalue weighted by Gasteiger charge is -2.12. The lowest BCUT2D eigenvalue weighted by molar-refractivity contribution is 0.624. The topological polar surface area (TPSA) is 46.3 Å². The molecule has 6 heteroatoms. The van der Waals surface area contributed by atoms with Gasteiger partial charge in [0, 0.05) is 32.6 Å². The Bertz CT molecular complexity index is 702. The van der Waals surface area contributed by atoms with Gasteiger partial charge >= 0.3 is 0 Å². The highest BCUT2D eigenvalue weighted by molar-refractivity contribution is 5.61. The van der Waals surface area contributed by atoms with Crippen LogP contribution in [0.5, 0.6) is 0 Å². The van der Waals surface area contributed by atoms with E-state index in [2.05, 4.69) is 15.0 Å². The number of imidazole rings is 1. The molecule has 5 nitrogen and oxygen atoms in total. The maximum absolute atomic E-state index is 13.9. The molecule has 96 valence electrons. The predicted molar refractivity (Wildman–Crippen MR) is 70.5 cm³/mol. The molecule has 3 heterocycles. The van der Waals surface area contributed by atoms with Gasteiger partial charge in [-0.1, -0.05) is 0 Å².